The Morgan fingerprint density at radius 3 is 2.63 bits per heavy atom. The number of hydrogen-bond acceptors (Lipinski definition) is 4. The number of benzene rings is 1. The van der Waals surface area contributed by atoms with Crippen LogP contribution < -0.4 is 9.47 Å². The first-order valence-corrected chi connectivity index (χ1v) is 6.43. The van der Waals surface area contributed by atoms with Crippen LogP contribution >= 0.6 is 0 Å². The monoisotopic (exact) mass is 264 g/mol. The zero-order chi connectivity index (χ0) is 13.9. The van der Waals surface area contributed by atoms with E-state index in [-0.39, 0.29) is 5.78 Å². The van der Waals surface area contributed by atoms with Crippen molar-refractivity contribution in [2.75, 3.05) is 20.8 Å². The molecule has 1 unspecified atom stereocenters. The second-order valence-corrected chi connectivity index (χ2v) is 5.13. The molecule has 19 heavy (non-hydrogen) atoms. The number of Topliss-reactive ketones (excluding diaryl/α,β-unsaturated/α-hetero) is 1. The van der Waals surface area contributed by atoms with Gasteiger partial charge in [0.15, 0.2) is 11.5 Å². The van der Waals surface area contributed by atoms with Crippen molar-refractivity contribution < 1.29 is 19.0 Å². The topological polar surface area (TPSA) is 44.8 Å². The fourth-order valence-corrected chi connectivity index (χ4v) is 2.50. The largest absolute Gasteiger partial charge is 0.493 e. The molecule has 4 nitrogen and oxygen atoms in total. The summed E-state index contributed by atoms with van der Waals surface area (Å²) in [7, 11) is 3.23. The smallest absolute Gasteiger partial charge is 0.160 e. The second-order valence-electron chi connectivity index (χ2n) is 5.13. The van der Waals surface area contributed by atoms with Crippen molar-refractivity contribution in [2.45, 2.75) is 31.8 Å². The summed E-state index contributed by atoms with van der Waals surface area (Å²) in [6.45, 7) is 2.50. The van der Waals surface area contributed by atoms with E-state index in [4.69, 9.17) is 14.2 Å². The molecule has 0 amide bonds. The van der Waals surface area contributed by atoms with E-state index in [9.17, 15) is 4.79 Å². The number of methoxy groups -OCH3 is 2. The standard InChI is InChI=1S/C15H20O4/c1-15(10-12(16)6-7-19-15)9-11-4-5-13(17-2)14(8-11)18-3/h4-5,8H,6-7,9-10H2,1-3H3. The van der Waals surface area contributed by atoms with E-state index in [2.05, 4.69) is 0 Å². The molecule has 1 aromatic rings. The SMILES string of the molecule is COc1ccc(CC2(C)CC(=O)CCO2)cc1OC. The molecule has 1 fully saturated rings. The number of hydrogen-bond donors (Lipinski definition) is 0. The third kappa shape index (κ3) is 3.26. The molecular formula is C15H20O4. The van der Waals surface area contributed by atoms with Gasteiger partial charge in [-0.15, -0.1) is 0 Å². The van der Waals surface area contributed by atoms with Crippen molar-refractivity contribution in [1.82, 2.24) is 0 Å². The Balaban J connectivity index is 2.16. The maximum Gasteiger partial charge on any atom is 0.160 e. The highest BCUT2D eigenvalue weighted by Gasteiger charge is 2.32. The normalized spacial score (nSPS) is 23.2. The van der Waals surface area contributed by atoms with Crippen molar-refractivity contribution in [3.8, 4) is 11.5 Å². The molecule has 1 saturated heterocycles. The highest BCUT2D eigenvalue weighted by Crippen LogP contribution is 2.32. The summed E-state index contributed by atoms with van der Waals surface area (Å²) in [5, 5.41) is 0. The molecule has 104 valence electrons. The van der Waals surface area contributed by atoms with Crippen molar-refractivity contribution in [2.24, 2.45) is 0 Å². The van der Waals surface area contributed by atoms with Gasteiger partial charge in [0, 0.05) is 19.3 Å². The maximum absolute atomic E-state index is 11.6. The summed E-state index contributed by atoms with van der Waals surface area (Å²) in [6.07, 6.45) is 1.70. The van der Waals surface area contributed by atoms with Gasteiger partial charge in [-0.05, 0) is 24.6 Å². The molecule has 0 N–H and O–H groups in total. The fraction of sp³-hybridized carbons (Fsp3) is 0.533. The van der Waals surface area contributed by atoms with E-state index in [0.29, 0.717) is 37.4 Å². The lowest BCUT2D eigenvalue weighted by molar-refractivity contribution is -0.137. The van der Waals surface area contributed by atoms with Crippen LogP contribution in [0.5, 0.6) is 11.5 Å². The van der Waals surface area contributed by atoms with Gasteiger partial charge >= 0.3 is 0 Å². The molecule has 0 radical (unpaired) electrons. The van der Waals surface area contributed by atoms with Gasteiger partial charge in [0.05, 0.1) is 26.4 Å². The molecular weight excluding hydrogens is 244 g/mol. The number of ether oxygens (including phenoxy) is 3. The molecule has 4 heteroatoms. The zero-order valence-corrected chi connectivity index (χ0v) is 11.7. The first-order valence-electron chi connectivity index (χ1n) is 6.43. The van der Waals surface area contributed by atoms with Crippen LogP contribution in [0.25, 0.3) is 0 Å². The van der Waals surface area contributed by atoms with Gasteiger partial charge in [0.1, 0.15) is 5.78 Å². The summed E-state index contributed by atoms with van der Waals surface area (Å²) < 4.78 is 16.3. The van der Waals surface area contributed by atoms with Gasteiger partial charge < -0.3 is 14.2 Å². The number of carbonyl (C=O) groups is 1. The predicted octanol–water partition coefficient (Wildman–Crippen LogP) is 2.38. The highest BCUT2D eigenvalue weighted by molar-refractivity contribution is 5.80. The molecule has 1 aliphatic rings. The highest BCUT2D eigenvalue weighted by atomic mass is 16.5. The summed E-state index contributed by atoms with van der Waals surface area (Å²) in [5.41, 5.74) is 0.671. The average Bonchev–Trinajstić information content (AvgIpc) is 2.37. The molecule has 0 saturated carbocycles. The number of ketones is 1. The van der Waals surface area contributed by atoms with Crippen LogP contribution in [0.1, 0.15) is 25.3 Å². The van der Waals surface area contributed by atoms with Crippen molar-refractivity contribution in [3.63, 3.8) is 0 Å². The Morgan fingerprint density at radius 2 is 2.00 bits per heavy atom. The minimum atomic E-state index is -0.408. The van der Waals surface area contributed by atoms with Crippen LogP contribution in [0.15, 0.2) is 18.2 Å². The van der Waals surface area contributed by atoms with E-state index in [1.807, 2.05) is 25.1 Å². The number of rotatable bonds is 4. The Bertz CT molecular complexity index is 469. The summed E-state index contributed by atoms with van der Waals surface area (Å²) in [5.74, 6) is 1.68. The Morgan fingerprint density at radius 1 is 1.26 bits per heavy atom. The Labute approximate surface area is 113 Å². The lowest BCUT2D eigenvalue weighted by atomic mass is 9.88. The molecule has 1 atom stereocenters. The quantitative estimate of drug-likeness (QED) is 0.837. The molecule has 0 bridgehead atoms. The number of carbonyl (C=O) groups excluding carboxylic acids is 1. The van der Waals surface area contributed by atoms with Crippen LogP contribution in [-0.2, 0) is 16.0 Å². The van der Waals surface area contributed by atoms with E-state index in [1.165, 1.54) is 0 Å². The molecule has 0 aromatic heterocycles. The Hall–Kier alpha value is -1.55. The second kappa shape index (κ2) is 5.61. The van der Waals surface area contributed by atoms with E-state index >= 15 is 0 Å². The van der Waals surface area contributed by atoms with Crippen molar-refractivity contribution in [3.05, 3.63) is 23.8 Å². The van der Waals surface area contributed by atoms with Crippen molar-refractivity contribution >= 4 is 5.78 Å². The zero-order valence-electron chi connectivity index (χ0n) is 11.7. The first kappa shape index (κ1) is 13.9. The summed E-state index contributed by atoms with van der Waals surface area (Å²) in [4.78, 5) is 11.6. The summed E-state index contributed by atoms with van der Waals surface area (Å²) in [6, 6.07) is 5.80. The van der Waals surface area contributed by atoms with E-state index in [0.717, 1.165) is 5.56 Å². The lowest BCUT2D eigenvalue weighted by Crippen LogP contribution is -2.39. The molecule has 0 aliphatic carbocycles. The fourth-order valence-electron chi connectivity index (χ4n) is 2.50. The third-order valence-electron chi connectivity index (χ3n) is 3.43. The minimum absolute atomic E-state index is 0.272. The van der Waals surface area contributed by atoms with Gasteiger partial charge in [-0.25, -0.2) is 0 Å². The van der Waals surface area contributed by atoms with Gasteiger partial charge in [-0.3, -0.25) is 4.79 Å². The molecule has 1 aliphatic heterocycles. The predicted molar refractivity (Wildman–Crippen MR) is 71.8 cm³/mol. The van der Waals surface area contributed by atoms with Crippen LogP contribution in [-0.4, -0.2) is 32.2 Å². The molecule has 0 spiro atoms. The van der Waals surface area contributed by atoms with Crippen LogP contribution in [0.4, 0.5) is 0 Å². The van der Waals surface area contributed by atoms with Gasteiger partial charge in [0.25, 0.3) is 0 Å². The van der Waals surface area contributed by atoms with Crippen molar-refractivity contribution in [1.29, 1.82) is 0 Å². The molecule has 1 heterocycles. The molecule has 1 aromatic carbocycles. The molecule has 2 rings (SSSR count). The van der Waals surface area contributed by atoms with Gasteiger partial charge in [-0.2, -0.15) is 0 Å². The average molecular weight is 264 g/mol. The van der Waals surface area contributed by atoms with Crippen LogP contribution in [0.2, 0.25) is 0 Å². The third-order valence-corrected chi connectivity index (χ3v) is 3.43. The lowest BCUT2D eigenvalue weighted by Gasteiger charge is -2.33. The van der Waals surface area contributed by atoms with E-state index in [1.54, 1.807) is 14.2 Å². The van der Waals surface area contributed by atoms with Crippen LogP contribution in [0.3, 0.4) is 0 Å². The summed E-state index contributed by atoms with van der Waals surface area (Å²) >= 11 is 0. The van der Waals surface area contributed by atoms with E-state index < -0.39 is 5.60 Å². The van der Waals surface area contributed by atoms with Gasteiger partial charge in [0.2, 0.25) is 0 Å². The minimum Gasteiger partial charge on any atom is -0.493 e. The van der Waals surface area contributed by atoms with Crippen LogP contribution in [0, 0.1) is 0 Å². The maximum atomic E-state index is 11.6. The van der Waals surface area contributed by atoms with Gasteiger partial charge in [-0.1, -0.05) is 6.07 Å². The first-order chi connectivity index (χ1) is 9.06. The Kier molecular flexibility index (Phi) is 4.10.